The molecule has 1 aromatic carbocycles. The van der Waals surface area contributed by atoms with E-state index in [9.17, 15) is 5.11 Å². The third-order valence-corrected chi connectivity index (χ3v) is 3.77. The van der Waals surface area contributed by atoms with Crippen molar-refractivity contribution >= 4 is 0 Å². The molecule has 2 N–H and O–H groups in total. The normalized spacial score (nSPS) is 25.3. The van der Waals surface area contributed by atoms with Crippen LogP contribution >= 0.6 is 0 Å². The summed E-state index contributed by atoms with van der Waals surface area (Å²) in [5.74, 6) is 1.33. The van der Waals surface area contributed by atoms with Gasteiger partial charge in [0.25, 0.3) is 0 Å². The summed E-state index contributed by atoms with van der Waals surface area (Å²) in [5.41, 5.74) is 1.42. The second-order valence-corrected chi connectivity index (χ2v) is 5.30. The van der Waals surface area contributed by atoms with Gasteiger partial charge in [0, 0.05) is 0 Å². The van der Waals surface area contributed by atoms with Crippen molar-refractivity contribution in [3.05, 3.63) is 35.9 Å². The molecule has 17 heavy (non-hydrogen) atoms. The van der Waals surface area contributed by atoms with E-state index in [0.717, 1.165) is 25.9 Å². The van der Waals surface area contributed by atoms with Crippen LogP contribution in [0, 0.1) is 5.92 Å². The highest BCUT2D eigenvalue weighted by Crippen LogP contribution is 2.26. The Hall–Kier alpha value is -0.860. The first kappa shape index (κ1) is 12.6. The standard InChI is InChI=1S/C15H23NO/c1-12(14-5-3-2-4-6-14)7-8-16-11-13-9-15(17)10-13/h2-6,12-13,15-17H,7-11H2,1H3. The van der Waals surface area contributed by atoms with Crippen molar-refractivity contribution in [2.24, 2.45) is 5.92 Å². The van der Waals surface area contributed by atoms with Crippen LogP contribution in [0.5, 0.6) is 0 Å². The molecule has 1 saturated carbocycles. The maximum absolute atomic E-state index is 9.18. The maximum atomic E-state index is 9.18. The van der Waals surface area contributed by atoms with E-state index in [1.807, 2.05) is 0 Å². The van der Waals surface area contributed by atoms with Gasteiger partial charge in [-0.25, -0.2) is 0 Å². The van der Waals surface area contributed by atoms with Gasteiger partial charge in [-0.05, 0) is 49.8 Å². The number of nitrogens with one attached hydrogen (secondary N) is 1. The molecule has 94 valence electrons. The fraction of sp³-hybridized carbons (Fsp3) is 0.600. The Morgan fingerprint density at radius 1 is 1.29 bits per heavy atom. The average Bonchev–Trinajstić information content (AvgIpc) is 2.32. The average molecular weight is 233 g/mol. The molecule has 1 aliphatic carbocycles. The van der Waals surface area contributed by atoms with Gasteiger partial charge in [-0.1, -0.05) is 37.3 Å². The highest BCUT2D eigenvalue weighted by Gasteiger charge is 2.26. The first-order valence-corrected chi connectivity index (χ1v) is 6.69. The Labute approximate surface area is 104 Å². The van der Waals surface area contributed by atoms with Gasteiger partial charge in [-0.2, -0.15) is 0 Å². The van der Waals surface area contributed by atoms with Gasteiger partial charge in [-0.15, -0.1) is 0 Å². The van der Waals surface area contributed by atoms with Crippen molar-refractivity contribution in [3.8, 4) is 0 Å². The van der Waals surface area contributed by atoms with E-state index in [0.29, 0.717) is 11.8 Å². The molecular formula is C15H23NO. The van der Waals surface area contributed by atoms with E-state index >= 15 is 0 Å². The van der Waals surface area contributed by atoms with Gasteiger partial charge in [0.05, 0.1) is 6.10 Å². The summed E-state index contributed by atoms with van der Waals surface area (Å²) in [6.07, 6.45) is 3.13. The summed E-state index contributed by atoms with van der Waals surface area (Å²) in [5, 5.41) is 12.7. The predicted molar refractivity (Wildman–Crippen MR) is 71.1 cm³/mol. The molecular weight excluding hydrogens is 210 g/mol. The van der Waals surface area contributed by atoms with Crippen molar-refractivity contribution in [1.29, 1.82) is 0 Å². The topological polar surface area (TPSA) is 32.3 Å². The molecule has 0 spiro atoms. The van der Waals surface area contributed by atoms with E-state index in [2.05, 4.69) is 42.6 Å². The van der Waals surface area contributed by atoms with E-state index < -0.39 is 0 Å². The number of benzene rings is 1. The molecule has 0 amide bonds. The van der Waals surface area contributed by atoms with Crippen LogP contribution in [-0.2, 0) is 0 Å². The number of aliphatic hydroxyl groups excluding tert-OH is 1. The lowest BCUT2D eigenvalue weighted by atomic mass is 9.82. The largest absolute Gasteiger partial charge is 0.393 e. The van der Waals surface area contributed by atoms with Crippen molar-refractivity contribution in [2.45, 2.75) is 38.2 Å². The lowest BCUT2D eigenvalue weighted by molar-refractivity contribution is 0.0431. The van der Waals surface area contributed by atoms with E-state index in [1.54, 1.807) is 0 Å². The van der Waals surface area contributed by atoms with Gasteiger partial charge in [0.1, 0.15) is 0 Å². The first-order chi connectivity index (χ1) is 8.25. The fourth-order valence-electron chi connectivity index (χ4n) is 2.44. The number of hydrogen-bond acceptors (Lipinski definition) is 2. The maximum Gasteiger partial charge on any atom is 0.0546 e. The van der Waals surface area contributed by atoms with Crippen LogP contribution in [0.3, 0.4) is 0 Å². The lowest BCUT2D eigenvalue weighted by Crippen LogP contribution is -2.36. The third-order valence-electron chi connectivity index (χ3n) is 3.77. The van der Waals surface area contributed by atoms with Crippen LogP contribution in [0.4, 0.5) is 0 Å². The molecule has 2 heteroatoms. The second kappa shape index (κ2) is 6.18. The van der Waals surface area contributed by atoms with Gasteiger partial charge in [0.15, 0.2) is 0 Å². The van der Waals surface area contributed by atoms with Crippen LogP contribution in [0.15, 0.2) is 30.3 Å². The number of rotatable bonds is 6. The van der Waals surface area contributed by atoms with Crippen molar-refractivity contribution < 1.29 is 5.11 Å². The summed E-state index contributed by atoms with van der Waals surface area (Å²) in [7, 11) is 0. The number of aliphatic hydroxyl groups is 1. The monoisotopic (exact) mass is 233 g/mol. The fourth-order valence-corrected chi connectivity index (χ4v) is 2.44. The Morgan fingerprint density at radius 3 is 2.65 bits per heavy atom. The second-order valence-electron chi connectivity index (χ2n) is 5.30. The van der Waals surface area contributed by atoms with Gasteiger partial charge < -0.3 is 10.4 Å². The minimum Gasteiger partial charge on any atom is -0.393 e. The Morgan fingerprint density at radius 2 is 2.00 bits per heavy atom. The van der Waals surface area contributed by atoms with Crippen LogP contribution < -0.4 is 5.32 Å². The number of hydrogen-bond donors (Lipinski definition) is 2. The molecule has 0 saturated heterocycles. The zero-order valence-corrected chi connectivity index (χ0v) is 10.6. The summed E-state index contributed by atoms with van der Waals surface area (Å²) in [6, 6.07) is 10.7. The molecule has 1 fully saturated rings. The van der Waals surface area contributed by atoms with Crippen LogP contribution in [-0.4, -0.2) is 24.3 Å². The van der Waals surface area contributed by atoms with Gasteiger partial charge in [0.2, 0.25) is 0 Å². The smallest absolute Gasteiger partial charge is 0.0546 e. The zero-order chi connectivity index (χ0) is 12.1. The summed E-state index contributed by atoms with van der Waals surface area (Å²) in [6.45, 7) is 4.42. The molecule has 2 rings (SSSR count). The quantitative estimate of drug-likeness (QED) is 0.740. The summed E-state index contributed by atoms with van der Waals surface area (Å²) < 4.78 is 0. The summed E-state index contributed by atoms with van der Waals surface area (Å²) >= 11 is 0. The van der Waals surface area contributed by atoms with Crippen molar-refractivity contribution in [2.75, 3.05) is 13.1 Å². The molecule has 1 aliphatic rings. The molecule has 0 aliphatic heterocycles. The zero-order valence-electron chi connectivity index (χ0n) is 10.6. The van der Waals surface area contributed by atoms with Gasteiger partial charge in [-0.3, -0.25) is 0 Å². The minimum atomic E-state index is -0.0231. The van der Waals surface area contributed by atoms with E-state index in [-0.39, 0.29) is 6.10 Å². The Balaban J connectivity index is 1.59. The third kappa shape index (κ3) is 3.83. The predicted octanol–water partition coefficient (Wildman–Crippen LogP) is 2.54. The molecule has 0 bridgehead atoms. The Kier molecular flexibility index (Phi) is 4.57. The van der Waals surface area contributed by atoms with Crippen LogP contribution in [0.25, 0.3) is 0 Å². The summed E-state index contributed by atoms with van der Waals surface area (Å²) in [4.78, 5) is 0. The molecule has 1 aromatic rings. The SMILES string of the molecule is CC(CCNCC1CC(O)C1)c1ccccc1. The minimum absolute atomic E-state index is 0.0231. The van der Waals surface area contributed by atoms with Crippen molar-refractivity contribution in [1.82, 2.24) is 5.32 Å². The van der Waals surface area contributed by atoms with Crippen LogP contribution in [0.1, 0.15) is 37.7 Å². The lowest BCUT2D eigenvalue weighted by Gasteiger charge is -2.31. The first-order valence-electron chi connectivity index (χ1n) is 6.69. The van der Waals surface area contributed by atoms with E-state index in [4.69, 9.17) is 0 Å². The highest BCUT2D eigenvalue weighted by atomic mass is 16.3. The van der Waals surface area contributed by atoms with E-state index in [1.165, 1.54) is 12.0 Å². The molecule has 1 unspecified atom stereocenters. The molecule has 2 nitrogen and oxygen atoms in total. The molecule has 0 aromatic heterocycles. The molecule has 0 heterocycles. The highest BCUT2D eigenvalue weighted by molar-refractivity contribution is 5.18. The Bertz CT molecular complexity index is 319. The molecule has 1 atom stereocenters. The van der Waals surface area contributed by atoms with Crippen LogP contribution in [0.2, 0.25) is 0 Å². The molecule has 0 radical (unpaired) electrons. The van der Waals surface area contributed by atoms with Crippen molar-refractivity contribution in [3.63, 3.8) is 0 Å². The van der Waals surface area contributed by atoms with Gasteiger partial charge >= 0.3 is 0 Å².